The molecule has 0 amide bonds. The first-order valence-corrected chi connectivity index (χ1v) is 9.81. The van der Waals surface area contributed by atoms with Gasteiger partial charge < -0.3 is 14.2 Å². The zero-order valence-electron chi connectivity index (χ0n) is 16.0. The van der Waals surface area contributed by atoms with Gasteiger partial charge in [0, 0.05) is 37.7 Å². The van der Waals surface area contributed by atoms with Crippen LogP contribution < -0.4 is 9.64 Å². The van der Waals surface area contributed by atoms with Crippen molar-refractivity contribution in [3.05, 3.63) is 54.0 Å². The molecular weight excluding hydrogens is 397 g/mol. The van der Waals surface area contributed by atoms with Crippen molar-refractivity contribution in [2.45, 2.75) is 37.5 Å². The third-order valence-corrected chi connectivity index (χ3v) is 5.82. The molecule has 0 N–H and O–H groups in total. The molecular formula is C21H19F3N4O2. The smallest absolute Gasteiger partial charge is 0.471 e. The number of para-hydroxylation sites is 1. The number of alkyl halides is 3. The van der Waals surface area contributed by atoms with Gasteiger partial charge in [0.25, 0.3) is 0 Å². The highest BCUT2D eigenvalue weighted by molar-refractivity contribution is 5.56. The van der Waals surface area contributed by atoms with Crippen LogP contribution in [0.25, 0.3) is 11.4 Å². The van der Waals surface area contributed by atoms with E-state index in [-0.39, 0.29) is 11.4 Å². The highest BCUT2D eigenvalue weighted by Crippen LogP contribution is 2.39. The summed E-state index contributed by atoms with van der Waals surface area (Å²) in [6.45, 7) is 1.60. The Morgan fingerprint density at radius 2 is 1.80 bits per heavy atom. The molecule has 156 valence electrons. The minimum absolute atomic E-state index is 0.131. The van der Waals surface area contributed by atoms with E-state index in [9.17, 15) is 13.2 Å². The molecule has 1 fully saturated rings. The van der Waals surface area contributed by atoms with Crippen molar-refractivity contribution in [1.82, 2.24) is 15.1 Å². The van der Waals surface area contributed by atoms with Gasteiger partial charge in [-0.15, -0.1) is 0 Å². The number of halogens is 3. The summed E-state index contributed by atoms with van der Waals surface area (Å²) in [7, 11) is 0. The van der Waals surface area contributed by atoms with Crippen LogP contribution in [0, 0.1) is 0 Å². The predicted octanol–water partition coefficient (Wildman–Crippen LogP) is 4.51. The Morgan fingerprint density at radius 1 is 1.00 bits per heavy atom. The lowest BCUT2D eigenvalue weighted by atomic mass is 9.83. The Balaban J connectivity index is 1.25. The van der Waals surface area contributed by atoms with Gasteiger partial charge in [0.2, 0.25) is 5.82 Å². The maximum atomic E-state index is 12.6. The molecule has 2 aromatic heterocycles. The molecule has 0 bridgehead atoms. The molecule has 0 aliphatic carbocycles. The molecule has 9 heteroatoms. The molecule has 2 aliphatic heterocycles. The van der Waals surface area contributed by atoms with Crippen LogP contribution in [0.2, 0.25) is 0 Å². The Hall–Kier alpha value is -3.10. The van der Waals surface area contributed by atoms with Crippen LogP contribution >= 0.6 is 0 Å². The molecule has 2 aliphatic rings. The van der Waals surface area contributed by atoms with Gasteiger partial charge in [0.05, 0.1) is 0 Å². The van der Waals surface area contributed by atoms with Crippen LogP contribution in [-0.4, -0.2) is 33.8 Å². The van der Waals surface area contributed by atoms with Gasteiger partial charge >= 0.3 is 12.1 Å². The average molecular weight is 416 g/mol. The van der Waals surface area contributed by atoms with Gasteiger partial charge in [-0.05, 0) is 36.6 Å². The number of nitrogens with zero attached hydrogens (tertiary/aromatic N) is 4. The fourth-order valence-electron chi connectivity index (χ4n) is 4.11. The van der Waals surface area contributed by atoms with Crippen molar-refractivity contribution in [3.63, 3.8) is 0 Å². The minimum Gasteiger partial charge on any atom is -0.487 e. The number of hydrogen-bond donors (Lipinski definition) is 0. The summed E-state index contributed by atoms with van der Waals surface area (Å²) in [4.78, 5) is 9.96. The van der Waals surface area contributed by atoms with Crippen LogP contribution in [0.15, 0.2) is 47.1 Å². The molecule has 30 heavy (non-hydrogen) atoms. The number of hydrogen-bond acceptors (Lipinski definition) is 6. The maximum absolute atomic E-state index is 12.6. The third-order valence-electron chi connectivity index (χ3n) is 5.82. The van der Waals surface area contributed by atoms with E-state index < -0.39 is 12.1 Å². The predicted molar refractivity (Wildman–Crippen MR) is 102 cm³/mol. The number of ether oxygens (including phenoxy) is 1. The number of fused-ring (bicyclic) bond motifs is 1. The quantitative estimate of drug-likeness (QED) is 0.612. The standard InChI is InChI=1S/C21H19F3N4O2/c22-21(23,24)19-26-18(27-30-19)15-5-6-17(25-13-15)28-11-9-20(10-12-28)8-7-14-3-1-2-4-16(14)29-20/h1-6,13H,7-12H2. The molecule has 5 rings (SSSR count). The summed E-state index contributed by atoms with van der Waals surface area (Å²) in [5, 5.41) is 3.39. The van der Waals surface area contributed by atoms with Gasteiger partial charge in [0.1, 0.15) is 17.2 Å². The van der Waals surface area contributed by atoms with Crippen molar-refractivity contribution < 1.29 is 22.4 Å². The van der Waals surface area contributed by atoms with Gasteiger partial charge in [-0.2, -0.15) is 18.2 Å². The lowest BCUT2D eigenvalue weighted by Crippen LogP contribution is -2.50. The molecule has 1 aromatic carbocycles. The summed E-state index contributed by atoms with van der Waals surface area (Å²) >= 11 is 0. The highest BCUT2D eigenvalue weighted by Gasteiger charge is 2.40. The fraction of sp³-hybridized carbons (Fsp3) is 0.381. The Morgan fingerprint density at radius 3 is 2.50 bits per heavy atom. The van der Waals surface area contributed by atoms with Gasteiger partial charge in [0.15, 0.2) is 0 Å². The number of benzene rings is 1. The zero-order chi connectivity index (χ0) is 20.8. The molecule has 0 unspecified atom stereocenters. The average Bonchev–Trinajstić information content (AvgIpc) is 3.25. The van der Waals surface area contributed by atoms with Gasteiger partial charge in [-0.1, -0.05) is 23.4 Å². The van der Waals surface area contributed by atoms with Crippen molar-refractivity contribution in [3.8, 4) is 17.1 Å². The largest absolute Gasteiger partial charge is 0.487 e. The van der Waals surface area contributed by atoms with Crippen LogP contribution in [0.3, 0.4) is 0 Å². The molecule has 6 nitrogen and oxygen atoms in total. The van der Waals surface area contributed by atoms with Gasteiger partial charge in [-0.3, -0.25) is 0 Å². The van der Waals surface area contributed by atoms with E-state index >= 15 is 0 Å². The topological polar surface area (TPSA) is 64.3 Å². The van der Waals surface area contributed by atoms with Crippen LogP contribution in [-0.2, 0) is 12.6 Å². The number of aryl methyl sites for hydroxylation is 1. The van der Waals surface area contributed by atoms with Crippen molar-refractivity contribution in [1.29, 1.82) is 0 Å². The molecule has 1 saturated heterocycles. The lowest BCUT2D eigenvalue weighted by molar-refractivity contribution is -0.159. The molecule has 0 saturated carbocycles. The van der Waals surface area contributed by atoms with Crippen molar-refractivity contribution in [2.24, 2.45) is 0 Å². The Kier molecular flexibility index (Phi) is 4.41. The lowest BCUT2D eigenvalue weighted by Gasteiger charge is -2.45. The van der Waals surface area contributed by atoms with E-state index in [0.717, 1.165) is 50.3 Å². The first-order chi connectivity index (χ1) is 14.4. The summed E-state index contributed by atoms with van der Waals surface area (Å²) in [6.07, 6.45) is 0.620. The summed E-state index contributed by atoms with van der Waals surface area (Å²) in [5.41, 5.74) is 1.50. The normalized spacial score (nSPS) is 18.2. The maximum Gasteiger partial charge on any atom is 0.471 e. The Labute approximate surface area is 170 Å². The second-order valence-corrected chi connectivity index (χ2v) is 7.71. The van der Waals surface area contributed by atoms with Crippen LogP contribution in [0.4, 0.5) is 19.0 Å². The van der Waals surface area contributed by atoms with E-state index in [4.69, 9.17) is 4.74 Å². The SMILES string of the molecule is FC(F)(F)c1nc(-c2ccc(N3CCC4(CCc5ccccc5O4)CC3)nc2)no1. The molecule has 1 spiro atoms. The van der Waals surface area contributed by atoms with Crippen LogP contribution in [0.1, 0.15) is 30.7 Å². The number of pyridine rings is 1. The van der Waals surface area contributed by atoms with E-state index in [1.165, 1.54) is 11.8 Å². The third kappa shape index (κ3) is 3.48. The number of anilines is 1. The first-order valence-electron chi connectivity index (χ1n) is 9.81. The molecule has 0 radical (unpaired) electrons. The number of aromatic nitrogens is 3. The minimum atomic E-state index is -4.66. The highest BCUT2D eigenvalue weighted by atomic mass is 19.4. The summed E-state index contributed by atoms with van der Waals surface area (Å²) in [6, 6.07) is 11.6. The van der Waals surface area contributed by atoms with E-state index in [1.54, 1.807) is 12.1 Å². The number of piperidine rings is 1. The van der Waals surface area contributed by atoms with E-state index in [1.807, 2.05) is 18.2 Å². The monoisotopic (exact) mass is 416 g/mol. The van der Waals surface area contributed by atoms with Gasteiger partial charge in [-0.25, -0.2) is 4.98 Å². The van der Waals surface area contributed by atoms with Crippen LogP contribution in [0.5, 0.6) is 5.75 Å². The summed E-state index contributed by atoms with van der Waals surface area (Å²) in [5.74, 6) is 0.257. The molecule has 3 aromatic rings. The fourth-order valence-corrected chi connectivity index (χ4v) is 4.11. The first kappa shape index (κ1) is 18.9. The molecule has 4 heterocycles. The summed E-state index contributed by atoms with van der Waals surface area (Å²) < 4.78 is 48.6. The van der Waals surface area contributed by atoms with Crippen molar-refractivity contribution >= 4 is 5.82 Å². The Bertz CT molecular complexity index is 1040. The van der Waals surface area contributed by atoms with E-state index in [0.29, 0.717) is 5.56 Å². The van der Waals surface area contributed by atoms with E-state index in [2.05, 4.69) is 30.6 Å². The second-order valence-electron chi connectivity index (χ2n) is 7.71. The van der Waals surface area contributed by atoms with Crippen molar-refractivity contribution in [2.75, 3.05) is 18.0 Å². The number of rotatable bonds is 2. The second kappa shape index (κ2) is 7.00. The molecule has 0 atom stereocenters. The zero-order valence-corrected chi connectivity index (χ0v) is 16.0.